The minimum absolute atomic E-state index is 0.195. The van der Waals surface area contributed by atoms with Crippen molar-refractivity contribution in [3.05, 3.63) is 46.5 Å². The molecular weight excluding hydrogens is 318 g/mol. The van der Waals surface area contributed by atoms with Crippen molar-refractivity contribution in [2.75, 3.05) is 21.0 Å². The molecule has 0 bridgehead atoms. The molecule has 122 valence electrons. The molecule has 3 rings (SSSR count). The number of rotatable bonds is 5. The minimum atomic E-state index is 0.195. The summed E-state index contributed by atoms with van der Waals surface area (Å²) in [5.74, 6) is 2.28. The van der Waals surface area contributed by atoms with E-state index in [2.05, 4.69) is 0 Å². The van der Waals surface area contributed by atoms with E-state index >= 15 is 0 Å². The van der Waals surface area contributed by atoms with Crippen molar-refractivity contribution >= 4 is 11.6 Å². The highest BCUT2D eigenvalue weighted by Crippen LogP contribution is 2.37. The highest BCUT2D eigenvalue weighted by molar-refractivity contribution is 6.30. The average molecular weight is 337 g/mol. The lowest BCUT2D eigenvalue weighted by atomic mass is 10.1. The van der Waals surface area contributed by atoms with Gasteiger partial charge in [0.25, 0.3) is 0 Å². The first-order chi connectivity index (χ1) is 11.1. The van der Waals surface area contributed by atoms with Gasteiger partial charge in [-0.1, -0.05) is 11.6 Å². The van der Waals surface area contributed by atoms with Gasteiger partial charge in [0.05, 0.1) is 19.7 Å². The zero-order valence-electron chi connectivity index (χ0n) is 13.1. The van der Waals surface area contributed by atoms with E-state index in [1.807, 2.05) is 31.3 Å². The Labute approximate surface area is 140 Å². The predicted octanol–water partition coefficient (Wildman–Crippen LogP) is 2.00. The van der Waals surface area contributed by atoms with Crippen molar-refractivity contribution in [1.82, 2.24) is 0 Å². The maximum absolute atomic E-state index is 10.1. The van der Waals surface area contributed by atoms with E-state index in [4.69, 9.17) is 25.8 Å². The van der Waals surface area contributed by atoms with Gasteiger partial charge in [-0.25, -0.2) is 0 Å². The first-order valence-corrected chi connectivity index (χ1v) is 7.70. The van der Waals surface area contributed by atoms with Gasteiger partial charge >= 0.3 is 0 Å². The van der Waals surface area contributed by atoms with Crippen molar-refractivity contribution < 1.29 is 24.2 Å². The van der Waals surface area contributed by atoms with Crippen molar-refractivity contribution in [2.24, 2.45) is 0 Å². The third kappa shape index (κ3) is 3.46. The third-order valence-corrected chi connectivity index (χ3v) is 4.04. The summed E-state index contributed by atoms with van der Waals surface area (Å²) in [4.78, 5) is 1.18. The van der Waals surface area contributed by atoms with Gasteiger partial charge in [0, 0.05) is 16.7 Å². The number of phenols is 1. The van der Waals surface area contributed by atoms with Crippen LogP contribution < -0.4 is 19.1 Å². The number of halogens is 1. The van der Waals surface area contributed by atoms with E-state index in [-0.39, 0.29) is 12.5 Å². The maximum atomic E-state index is 10.1. The lowest BCUT2D eigenvalue weighted by Gasteiger charge is -2.17. The number of nitrogens with one attached hydrogen (secondary N) is 1. The number of hydrogen-bond acceptors (Lipinski definition) is 4. The molecular formula is C17H19ClNO4+. The fourth-order valence-electron chi connectivity index (χ4n) is 2.71. The molecule has 0 fully saturated rings. The highest BCUT2D eigenvalue weighted by Gasteiger charge is 2.19. The van der Waals surface area contributed by atoms with E-state index < -0.39 is 0 Å². The zero-order chi connectivity index (χ0) is 16.4. The van der Waals surface area contributed by atoms with E-state index in [0.717, 1.165) is 23.4 Å². The summed E-state index contributed by atoms with van der Waals surface area (Å²) < 4.78 is 16.0. The number of ether oxygens (including phenoxy) is 3. The summed E-state index contributed by atoms with van der Waals surface area (Å²) in [6, 6.07) is 9.01. The molecule has 1 aliphatic rings. The summed E-state index contributed by atoms with van der Waals surface area (Å²) >= 11 is 6.07. The number of fused-ring (bicyclic) bond motifs is 1. The molecule has 1 heterocycles. The van der Waals surface area contributed by atoms with Crippen LogP contribution in [0, 0.1) is 0 Å². The number of benzene rings is 2. The van der Waals surface area contributed by atoms with E-state index in [0.29, 0.717) is 23.1 Å². The van der Waals surface area contributed by atoms with Gasteiger partial charge in [0.1, 0.15) is 24.6 Å². The van der Waals surface area contributed by atoms with E-state index in [1.165, 1.54) is 4.90 Å². The highest BCUT2D eigenvalue weighted by atomic mass is 35.5. The second-order valence-corrected chi connectivity index (χ2v) is 6.04. The Morgan fingerprint density at radius 2 is 1.83 bits per heavy atom. The quantitative estimate of drug-likeness (QED) is 0.877. The first kappa shape index (κ1) is 15.8. The molecule has 23 heavy (non-hydrogen) atoms. The molecule has 2 N–H and O–H groups in total. The van der Waals surface area contributed by atoms with E-state index in [1.54, 1.807) is 13.2 Å². The molecule has 1 aliphatic heterocycles. The number of phenolic OH excluding ortho intramolecular Hbond substituents is 1. The standard InChI is InChI=1S/C17H18ClNO4/c1-19(9-12-5-13(18)3-4-15(12)21-2)8-11-6-16-17(7-14(11)20)23-10-22-16/h3-7,20H,8-10H2,1-2H3/p+1. The first-order valence-electron chi connectivity index (χ1n) is 7.32. The molecule has 2 aromatic rings. The second-order valence-electron chi connectivity index (χ2n) is 5.60. The molecule has 0 spiro atoms. The van der Waals surface area contributed by atoms with Crippen LogP contribution in [0.25, 0.3) is 0 Å². The number of quaternary nitrogens is 1. The third-order valence-electron chi connectivity index (χ3n) is 3.80. The Kier molecular flexibility index (Phi) is 4.50. The van der Waals surface area contributed by atoms with Crippen LogP contribution in [-0.4, -0.2) is 26.1 Å². The zero-order valence-corrected chi connectivity index (χ0v) is 13.8. The Balaban J connectivity index is 1.75. The van der Waals surface area contributed by atoms with Crippen LogP contribution in [0.5, 0.6) is 23.0 Å². The summed E-state index contributed by atoms with van der Waals surface area (Å²) in [5, 5.41) is 10.8. The Morgan fingerprint density at radius 3 is 2.57 bits per heavy atom. The van der Waals surface area contributed by atoms with Gasteiger partial charge in [-0.3, -0.25) is 0 Å². The molecule has 0 aliphatic carbocycles. The van der Waals surface area contributed by atoms with Crippen LogP contribution in [0.15, 0.2) is 30.3 Å². The molecule has 2 aromatic carbocycles. The smallest absolute Gasteiger partial charge is 0.231 e. The predicted molar refractivity (Wildman–Crippen MR) is 86.5 cm³/mol. The molecule has 1 unspecified atom stereocenters. The number of aromatic hydroxyl groups is 1. The van der Waals surface area contributed by atoms with Crippen LogP contribution in [-0.2, 0) is 13.1 Å². The van der Waals surface area contributed by atoms with E-state index in [9.17, 15) is 5.11 Å². The molecule has 0 saturated carbocycles. The van der Waals surface area contributed by atoms with Crippen molar-refractivity contribution in [3.8, 4) is 23.0 Å². The Bertz CT molecular complexity index is 720. The number of hydrogen-bond donors (Lipinski definition) is 2. The summed E-state index contributed by atoms with van der Waals surface area (Å²) in [6.45, 7) is 1.55. The SMILES string of the molecule is COc1ccc(Cl)cc1C[NH+](C)Cc1cc2c(cc1O)OCO2. The monoisotopic (exact) mass is 336 g/mol. The fourth-order valence-corrected chi connectivity index (χ4v) is 2.91. The molecule has 1 atom stereocenters. The largest absolute Gasteiger partial charge is 0.507 e. The van der Waals surface area contributed by atoms with Gasteiger partial charge in [-0.2, -0.15) is 0 Å². The topological polar surface area (TPSA) is 52.4 Å². The lowest BCUT2D eigenvalue weighted by molar-refractivity contribution is -0.907. The molecule has 0 amide bonds. The van der Waals surface area contributed by atoms with Gasteiger partial charge in [0.15, 0.2) is 11.5 Å². The van der Waals surface area contributed by atoms with Gasteiger partial charge in [-0.05, 0) is 24.3 Å². The van der Waals surface area contributed by atoms with Crippen molar-refractivity contribution in [3.63, 3.8) is 0 Å². The van der Waals surface area contributed by atoms with Crippen LogP contribution in [0.1, 0.15) is 11.1 Å². The van der Waals surface area contributed by atoms with Gasteiger partial charge in [-0.15, -0.1) is 0 Å². The summed E-state index contributed by atoms with van der Waals surface area (Å²) in [5.41, 5.74) is 1.84. The molecule has 0 saturated heterocycles. The average Bonchev–Trinajstić information content (AvgIpc) is 2.95. The van der Waals surface area contributed by atoms with Crippen LogP contribution >= 0.6 is 11.6 Å². The van der Waals surface area contributed by atoms with Gasteiger partial charge in [0.2, 0.25) is 6.79 Å². The Morgan fingerprint density at radius 1 is 1.13 bits per heavy atom. The van der Waals surface area contributed by atoms with Crippen molar-refractivity contribution in [2.45, 2.75) is 13.1 Å². The molecule has 5 nitrogen and oxygen atoms in total. The molecule has 6 heteroatoms. The molecule has 0 aromatic heterocycles. The van der Waals surface area contributed by atoms with Gasteiger partial charge < -0.3 is 24.2 Å². The normalized spacial score (nSPS) is 13.9. The molecule has 0 radical (unpaired) electrons. The van der Waals surface area contributed by atoms with Crippen LogP contribution in [0.4, 0.5) is 0 Å². The lowest BCUT2D eigenvalue weighted by Crippen LogP contribution is -3.06. The van der Waals surface area contributed by atoms with Crippen molar-refractivity contribution in [1.29, 1.82) is 0 Å². The van der Waals surface area contributed by atoms with Crippen LogP contribution in [0.3, 0.4) is 0 Å². The fraction of sp³-hybridized carbons (Fsp3) is 0.294. The number of methoxy groups -OCH3 is 1. The minimum Gasteiger partial charge on any atom is -0.507 e. The Hall–Kier alpha value is -2.11. The summed E-state index contributed by atoms with van der Waals surface area (Å²) in [7, 11) is 3.69. The van der Waals surface area contributed by atoms with Crippen LogP contribution in [0.2, 0.25) is 5.02 Å². The second kappa shape index (κ2) is 6.56. The maximum Gasteiger partial charge on any atom is 0.231 e. The summed E-state index contributed by atoms with van der Waals surface area (Å²) in [6.07, 6.45) is 0.